The summed E-state index contributed by atoms with van der Waals surface area (Å²) >= 11 is 3.36. The van der Waals surface area contributed by atoms with Crippen molar-refractivity contribution in [3.8, 4) is 0 Å². The van der Waals surface area contributed by atoms with E-state index in [-0.39, 0.29) is 0 Å². The summed E-state index contributed by atoms with van der Waals surface area (Å²) in [5, 5.41) is 4.22. The molecule has 3 aromatic rings. The molecule has 0 amide bonds. The number of nitrogen functional groups attached to an aromatic ring is 1. The van der Waals surface area contributed by atoms with Gasteiger partial charge in [0.05, 0.1) is 0 Å². The van der Waals surface area contributed by atoms with Crippen LogP contribution in [0.25, 0.3) is 10.1 Å². The highest BCUT2D eigenvalue weighted by Crippen LogP contribution is 2.29. The van der Waals surface area contributed by atoms with Crippen molar-refractivity contribution < 1.29 is 0 Å². The molecule has 4 heteroatoms. The second-order valence-electron chi connectivity index (χ2n) is 3.60. The van der Waals surface area contributed by atoms with Gasteiger partial charge in [0.2, 0.25) is 0 Å². The lowest BCUT2D eigenvalue weighted by Crippen LogP contribution is -1.81. The molecular formula is C12H10N2S2. The summed E-state index contributed by atoms with van der Waals surface area (Å²) in [4.78, 5) is 5.30. The highest BCUT2D eigenvalue weighted by molar-refractivity contribution is 7.17. The Morgan fingerprint density at radius 3 is 2.94 bits per heavy atom. The van der Waals surface area contributed by atoms with Crippen LogP contribution in [-0.2, 0) is 6.42 Å². The summed E-state index contributed by atoms with van der Waals surface area (Å²) in [5.74, 6) is 0. The maximum Gasteiger partial charge on any atom is 0.180 e. The molecule has 16 heavy (non-hydrogen) atoms. The summed E-state index contributed by atoms with van der Waals surface area (Å²) in [6, 6.07) is 8.49. The predicted octanol–water partition coefficient (Wildman–Crippen LogP) is 3.53. The zero-order valence-electron chi connectivity index (χ0n) is 8.51. The number of nitrogens with two attached hydrogens (primary N) is 1. The Morgan fingerprint density at radius 2 is 2.12 bits per heavy atom. The number of fused-ring (bicyclic) bond motifs is 1. The molecule has 0 aliphatic carbocycles. The average Bonchev–Trinajstić information content (AvgIpc) is 2.87. The summed E-state index contributed by atoms with van der Waals surface area (Å²) < 4.78 is 1.34. The van der Waals surface area contributed by atoms with Crippen LogP contribution in [0.4, 0.5) is 5.13 Å². The second-order valence-corrected chi connectivity index (χ2v) is 5.66. The normalized spacial score (nSPS) is 11.0. The Morgan fingerprint density at radius 1 is 1.25 bits per heavy atom. The van der Waals surface area contributed by atoms with Crippen LogP contribution in [-0.4, -0.2) is 4.98 Å². The van der Waals surface area contributed by atoms with Crippen molar-refractivity contribution in [2.24, 2.45) is 0 Å². The van der Waals surface area contributed by atoms with E-state index in [0.717, 1.165) is 6.42 Å². The van der Waals surface area contributed by atoms with E-state index in [1.54, 1.807) is 22.7 Å². The zero-order valence-corrected chi connectivity index (χ0v) is 10.1. The van der Waals surface area contributed by atoms with Gasteiger partial charge in [-0.2, -0.15) is 0 Å². The highest BCUT2D eigenvalue weighted by Gasteiger charge is 2.06. The van der Waals surface area contributed by atoms with Crippen LogP contribution in [0.15, 0.2) is 35.8 Å². The fourth-order valence-electron chi connectivity index (χ4n) is 1.76. The van der Waals surface area contributed by atoms with Crippen LogP contribution in [0, 0.1) is 0 Å². The highest BCUT2D eigenvalue weighted by atomic mass is 32.1. The Labute approximate surface area is 101 Å². The molecule has 2 nitrogen and oxygen atoms in total. The van der Waals surface area contributed by atoms with E-state index in [0.29, 0.717) is 5.13 Å². The van der Waals surface area contributed by atoms with Crippen LogP contribution in [0.1, 0.15) is 10.4 Å². The molecule has 0 spiro atoms. The first-order chi connectivity index (χ1) is 7.83. The van der Waals surface area contributed by atoms with Crippen LogP contribution in [0.5, 0.6) is 0 Å². The number of thiazole rings is 1. The standard InChI is InChI=1S/C12H10N2S2/c13-12-14-6-9(16-12)5-8-7-15-11-4-2-1-3-10(8)11/h1-4,6-7H,5H2,(H2,13,14). The average molecular weight is 246 g/mol. The van der Waals surface area contributed by atoms with Crippen molar-refractivity contribution >= 4 is 37.9 Å². The second kappa shape index (κ2) is 3.88. The molecule has 0 fully saturated rings. The van der Waals surface area contributed by atoms with Crippen molar-refractivity contribution in [3.63, 3.8) is 0 Å². The fraction of sp³-hybridized carbons (Fsp3) is 0.0833. The summed E-state index contributed by atoms with van der Waals surface area (Å²) in [6.07, 6.45) is 2.80. The first-order valence-electron chi connectivity index (χ1n) is 4.98. The first kappa shape index (κ1) is 9.81. The third-order valence-corrected chi connectivity index (χ3v) is 4.34. The summed E-state index contributed by atoms with van der Waals surface area (Å²) in [7, 11) is 0. The number of hydrogen-bond acceptors (Lipinski definition) is 4. The maximum atomic E-state index is 5.63. The van der Waals surface area contributed by atoms with Gasteiger partial charge < -0.3 is 5.73 Å². The Hall–Kier alpha value is -1.39. The number of benzene rings is 1. The molecule has 3 rings (SSSR count). The van der Waals surface area contributed by atoms with E-state index >= 15 is 0 Å². The van der Waals surface area contributed by atoms with Crippen molar-refractivity contribution in [3.05, 3.63) is 46.3 Å². The van der Waals surface area contributed by atoms with Crippen LogP contribution in [0.3, 0.4) is 0 Å². The fourth-order valence-corrected chi connectivity index (χ4v) is 3.43. The molecule has 0 unspecified atom stereocenters. The molecule has 0 aliphatic heterocycles. The van der Waals surface area contributed by atoms with E-state index in [1.807, 2.05) is 6.20 Å². The number of aromatic nitrogens is 1. The van der Waals surface area contributed by atoms with Crippen molar-refractivity contribution in [2.45, 2.75) is 6.42 Å². The molecule has 80 valence electrons. The van der Waals surface area contributed by atoms with E-state index in [1.165, 1.54) is 20.5 Å². The predicted molar refractivity (Wildman–Crippen MR) is 71.2 cm³/mol. The van der Waals surface area contributed by atoms with Gasteiger partial charge in [-0.1, -0.05) is 18.2 Å². The minimum absolute atomic E-state index is 0.648. The molecule has 2 heterocycles. The van der Waals surface area contributed by atoms with Gasteiger partial charge in [0.1, 0.15) is 0 Å². The number of rotatable bonds is 2. The Kier molecular flexibility index (Phi) is 2.38. The summed E-state index contributed by atoms with van der Waals surface area (Å²) in [6.45, 7) is 0. The van der Waals surface area contributed by atoms with Gasteiger partial charge in [-0.25, -0.2) is 4.98 Å². The van der Waals surface area contributed by atoms with Gasteiger partial charge >= 0.3 is 0 Å². The molecule has 0 atom stereocenters. The minimum Gasteiger partial charge on any atom is -0.375 e. The number of hydrogen-bond donors (Lipinski definition) is 1. The molecule has 2 aromatic heterocycles. The van der Waals surface area contributed by atoms with Gasteiger partial charge in [-0.05, 0) is 22.4 Å². The number of nitrogens with zero attached hydrogens (tertiary/aromatic N) is 1. The van der Waals surface area contributed by atoms with Crippen molar-refractivity contribution in [1.82, 2.24) is 4.98 Å². The lowest BCUT2D eigenvalue weighted by molar-refractivity contribution is 1.25. The maximum absolute atomic E-state index is 5.63. The van der Waals surface area contributed by atoms with Gasteiger partial charge in [-0.15, -0.1) is 22.7 Å². The first-order valence-corrected chi connectivity index (χ1v) is 6.68. The van der Waals surface area contributed by atoms with Crippen molar-refractivity contribution in [2.75, 3.05) is 5.73 Å². The quantitative estimate of drug-likeness (QED) is 0.751. The van der Waals surface area contributed by atoms with Crippen molar-refractivity contribution in [1.29, 1.82) is 0 Å². The molecule has 0 bridgehead atoms. The molecule has 0 radical (unpaired) electrons. The number of anilines is 1. The minimum atomic E-state index is 0.648. The van der Waals surface area contributed by atoms with Gasteiger partial charge in [0.15, 0.2) is 5.13 Å². The van der Waals surface area contributed by atoms with Crippen LogP contribution in [0.2, 0.25) is 0 Å². The molecule has 2 N–H and O–H groups in total. The Bertz CT molecular complexity index is 625. The van der Waals surface area contributed by atoms with Gasteiger partial charge in [-0.3, -0.25) is 0 Å². The van der Waals surface area contributed by atoms with E-state index in [2.05, 4.69) is 34.6 Å². The summed E-state index contributed by atoms with van der Waals surface area (Å²) in [5.41, 5.74) is 7.00. The monoisotopic (exact) mass is 246 g/mol. The van der Waals surface area contributed by atoms with Gasteiger partial charge in [0, 0.05) is 22.2 Å². The van der Waals surface area contributed by atoms with Gasteiger partial charge in [0.25, 0.3) is 0 Å². The lowest BCUT2D eigenvalue weighted by atomic mass is 10.1. The molecular weight excluding hydrogens is 236 g/mol. The molecule has 0 saturated carbocycles. The Balaban J connectivity index is 2.00. The SMILES string of the molecule is Nc1ncc(Cc2csc3ccccc23)s1. The van der Waals surface area contributed by atoms with E-state index < -0.39 is 0 Å². The third-order valence-electron chi connectivity index (χ3n) is 2.50. The lowest BCUT2D eigenvalue weighted by Gasteiger charge is -1.95. The van der Waals surface area contributed by atoms with E-state index in [9.17, 15) is 0 Å². The van der Waals surface area contributed by atoms with Crippen LogP contribution >= 0.6 is 22.7 Å². The topological polar surface area (TPSA) is 38.9 Å². The third kappa shape index (κ3) is 1.70. The van der Waals surface area contributed by atoms with E-state index in [4.69, 9.17) is 5.73 Å². The zero-order chi connectivity index (χ0) is 11.0. The molecule has 0 saturated heterocycles. The molecule has 0 aliphatic rings. The number of thiophene rings is 1. The largest absolute Gasteiger partial charge is 0.375 e. The smallest absolute Gasteiger partial charge is 0.180 e. The van der Waals surface area contributed by atoms with Crippen LogP contribution < -0.4 is 5.73 Å². The molecule has 1 aromatic carbocycles.